The predicted molar refractivity (Wildman–Crippen MR) is 82.2 cm³/mol. The van der Waals surface area contributed by atoms with Crippen molar-refractivity contribution in [2.45, 2.75) is 33.2 Å². The molecule has 5 heteroatoms. The van der Waals surface area contributed by atoms with E-state index in [9.17, 15) is 0 Å². The summed E-state index contributed by atoms with van der Waals surface area (Å²) in [6, 6.07) is 4.37. The summed E-state index contributed by atoms with van der Waals surface area (Å²) in [6.07, 6.45) is 0.806. The molecule has 0 bridgehead atoms. The Bertz CT molecular complexity index is 619. The molecule has 0 radical (unpaired) electrons. The molecule has 1 atom stereocenters. The Labute approximate surface area is 125 Å². The van der Waals surface area contributed by atoms with Crippen molar-refractivity contribution in [2.24, 2.45) is 7.05 Å². The monoisotopic (exact) mass is 292 g/mol. The number of pyridine rings is 1. The van der Waals surface area contributed by atoms with Gasteiger partial charge in [0.05, 0.1) is 5.69 Å². The minimum absolute atomic E-state index is 0.184. The molecular weight excluding hydrogens is 272 g/mol. The van der Waals surface area contributed by atoms with E-state index in [4.69, 9.17) is 11.6 Å². The van der Waals surface area contributed by atoms with Gasteiger partial charge in [0.25, 0.3) is 0 Å². The lowest BCUT2D eigenvalue weighted by Gasteiger charge is -2.18. The molecule has 0 amide bonds. The summed E-state index contributed by atoms with van der Waals surface area (Å²) in [6.45, 7) is 6.05. The van der Waals surface area contributed by atoms with Crippen LogP contribution in [0, 0.1) is 20.8 Å². The summed E-state index contributed by atoms with van der Waals surface area (Å²) in [7, 11) is 3.83. The normalized spacial score (nSPS) is 12.7. The number of hydrogen-bond donors (Lipinski definition) is 1. The summed E-state index contributed by atoms with van der Waals surface area (Å²) in [5.74, 6) is 0. The Morgan fingerprint density at radius 3 is 2.45 bits per heavy atom. The van der Waals surface area contributed by atoms with Gasteiger partial charge in [-0.25, -0.2) is 0 Å². The maximum Gasteiger partial charge on any atom is 0.130 e. The molecule has 0 aliphatic heterocycles. The van der Waals surface area contributed by atoms with E-state index < -0.39 is 0 Å². The zero-order valence-corrected chi connectivity index (χ0v) is 13.4. The van der Waals surface area contributed by atoms with Crippen LogP contribution in [0.3, 0.4) is 0 Å². The van der Waals surface area contributed by atoms with E-state index in [1.54, 1.807) is 4.68 Å². The number of rotatable bonds is 4. The number of nitrogens with zero attached hydrogens (tertiary/aromatic N) is 3. The Morgan fingerprint density at radius 1 is 1.25 bits per heavy atom. The third kappa shape index (κ3) is 2.86. The number of halogens is 1. The number of aromatic nitrogens is 3. The zero-order valence-electron chi connectivity index (χ0n) is 12.7. The Balaban J connectivity index is 2.33. The molecule has 0 saturated heterocycles. The topological polar surface area (TPSA) is 42.7 Å². The molecule has 0 aliphatic rings. The molecule has 108 valence electrons. The fraction of sp³-hybridized carbons (Fsp3) is 0.467. The van der Waals surface area contributed by atoms with Crippen LogP contribution >= 0.6 is 11.6 Å². The number of nitrogens with one attached hydrogen (secondary N) is 1. The maximum atomic E-state index is 6.32. The zero-order chi connectivity index (χ0) is 14.9. The van der Waals surface area contributed by atoms with Gasteiger partial charge in [0.1, 0.15) is 5.15 Å². The smallest absolute Gasteiger partial charge is 0.130 e. The second-order valence-corrected chi connectivity index (χ2v) is 5.51. The molecule has 0 spiro atoms. The Morgan fingerprint density at radius 2 is 1.95 bits per heavy atom. The molecule has 0 aromatic carbocycles. The van der Waals surface area contributed by atoms with Gasteiger partial charge >= 0.3 is 0 Å². The molecule has 2 heterocycles. The summed E-state index contributed by atoms with van der Waals surface area (Å²) in [5, 5.41) is 8.43. The van der Waals surface area contributed by atoms with E-state index in [1.807, 2.05) is 40.9 Å². The van der Waals surface area contributed by atoms with E-state index >= 15 is 0 Å². The summed E-state index contributed by atoms with van der Waals surface area (Å²) in [4.78, 5) is 4.54. The van der Waals surface area contributed by atoms with Crippen LogP contribution in [-0.4, -0.2) is 21.8 Å². The minimum Gasteiger partial charge on any atom is -0.313 e. The van der Waals surface area contributed by atoms with E-state index in [0.29, 0.717) is 5.15 Å². The standard InChI is InChI=1S/C15H21ClN4/c1-9-6-7-12(10(2)18-9)14(17-4)8-13-11(3)19-20(5)15(13)16/h6-7,14,17H,8H2,1-5H3. The van der Waals surface area contributed by atoms with Crippen molar-refractivity contribution in [3.63, 3.8) is 0 Å². The van der Waals surface area contributed by atoms with Crippen molar-refractivity contribution in [3.05, 3.63) is 45.5 Å². The van der Waals surface area contributed by atoms with Gasteiger partial charge in [0.15, 0.2) is 0 Å². The molecule has 20 heavy (non-hydrogen) atoms. The fourth-order valence-corrected chi connectivity index (χ4v) is 2.79. The van der Waals surface area contributed by atoms with Crippen LogP contribution in [0.15, 0.2) is 12.1 Å². The highest BCUT2D eigenvalue weighted by Crippen LogP contribution is 2.26. The van der Waals surface area contributed by atoms with Crippen LogP contribution < -0.4 is 5.32 Å². The van der Waals surface area contributed by atoms with Crippen LogP contribution in [0.5, 0.6) is 0 Å². The molecule has 2 aromatic rings. The molecule has 0 saturated carbocycles. The Hall–Kier alpha value is -1.39. The number of hydrogen-bond acceptors (Lipinski definition) is 3. The van der Waals surface area contributed by atoms with Crippen molar-refractivity contribution < 1.29 is 0 Å². The van der Waals surface area contributed by atoms with Gasteiger partial charge in [-0.1, -0.05) is 17.7 Å². The van der Waals surface area contributed by atoms with E-state index in [2.05, 4.69) is 21.5 Å². The third-order valence-corrected chi connectivity index (χ3v) is 4.14. The lowest BCUT2D eigenvalue weighted by atomic mass is 9.98. The summed E-state index contributed by atoms with van der Waals surface area (Å²) >= 11 is 6.32. The van der Waals surface area contributed by atoms with Crippen molar-refractivity contribution in [2.75, 3.05) is 7.05 Å². The molecular formula is C15H21ClN4. The molecule has 4 nitrogen and oxygen atoms in total. The Kier molecular flexibility index (Phi) is 4.45. The predicted octanol–water partition coefficient (Wildman–Crippen LogP) is 2.90. The van der Waals surface area contributed by atoms with Gasteiger partial charge < -0.3 is 5.32 Å². The first kappa shape index (κ1) is 15.0. The highest BCUT2D eigenvalue weighted by atomic mass is 35.5. The highest BCUT2D eigenvalue weighted by Gasteiger charge is 2.19. The van der Waals surface area contributed by atoms with Gasteiger partial charge in [-0.15, -0.1) is 0 Å². The van der Waals surface area contributed by atoms with Crippen molar-refractivity contribution in [1.82, 2.24) is 20.1 Å². The second kappa shape index (κ2) is 5.94. The van der Waals surface area contributed by atoms with Crippen LogP contribution in [0.1, 0.15) is 34.3 Å². The molecule has 0 fully saturated rings. The first-order chi connectivity index (χ1) is 9.43. The quantitative estimate of drug-likeness (QED) is 0.942. The maximum absolute atomic E-state index is 6.32. The highest BCUT2D eigenvalue weighted by molar-refractivity contribution is 6.30. The van der Waals surface area contributed by atoms with E-state index in [1.165, 1.54) is 5.56 Å². The van der Waals surface area contributed by atoms with Crippen molar-refractivity contribution in [3.8, 4) is 0 Å². The van der Waals surface area contributed by atoms with Crippen LogP contribution in [0.25, 0.3) is 0 Å². The molecule has 1 N–H and O–H groups in total. The van der Waals surface area contributed by atoms with Gasteiger partial charge in [0.2, 0.25) is 0 Å². The SMILES string of the molecule is CNC(Cc1c(C)nn(C)c1Cl)c1ccc(C)nc1C. The van der Waals surface area contributed by atoms with Crippen LogP contribution in [-0.2, 0) is 13.5 Å². The van der Waals surface area contributed by atoms with Gasteiger partial charge in [-0.3, -0.25) is 9.67 Å². The lowest BCUT2D eigenvalue weighted by molar-refractivity contribution is 0.584. The fourth-order valence-electron chi connectivity index (χ4n) is 2.54. The van der Waals surface area contributed by atoms with Crippen molar-refractivity contribution >= 4 is 11.6 Å². The van der Waals surface area contributed by atoms with Gasteiger partial charge in [-0.05, 0) is 45.9 Å². The molecule has 2 aromatic heterocycles. The first-order valence-corrected chi connectivity index (χ1v) is 7.11. The van der Waals surface area contributed by atoms with Gasteiger partial charge in [0, 0.05) is 30.0 Å². The average Bonchev–Trinajstić information content (AvgIpc) is 2.62. The molecule has 0 aliphatic carbocycles. The van der Waals surface area contributed by atoms with Crippen molar-refractivity contribution in [1.29, 1.82) is 0 Å². The summed E-state index contributed by atoms with van der Waals surface area (Å²) < 4.78 is 1.72. The summed E-state index contributed by atoms with van der Waals surface area (Å²) in [5.41, 5.74) is 5.38. The first-order valence-electron chi connectivity index (χ1n) is 6.73. The average molecular weight is 293 g/mol. The van der Waals surface area contributed by atoms with Crippen LogP contribution in [0.2, 0.25) is 5.15 Å². The number of aryl methyl sites for hydroxylation is 4. The minimum atomic E-state index is 0.184. The second-order valence-electron chi connectivity index (χ2n) is 5.15. The third-order valence-electron chi connectivity index (χ3n) is 3.67. The molecule has 2 rings (SSSR count). The van der Waals surface area contributed by atoms with Crippen LogP contribution in [0.4, 0.5) is 0 Å². The number of likely N-dealkylation sites (N-methyl/N-ethyl adjacent to an activating group) is 1. The largest absolute Gasteiger partial charge is 0.313 e. The molecule has 1 unspecified atom stereocenters. The van der Waals surface area contributed by atoms with E-state index in [0.717, 1.165) is 29.1 Å². The lowest BCUT2D eigenvalue weighted by Crippen LogP contribution is -2.20. The van der Waals surface area contributed by atoms with Gasteiger partial charge in [-0.2, -0.15) is 5.10 Å². The van der Waals surface area contributed by atoms with E-state index in [-0.39, 0.29) is 6.04 Å².